The molecule has 84 valence electrons. The van der Waals surface area contributed by atoms with Crippen LogP contribution in [0, 0.1) is 11.8 Å². The molecule has 0 saturated heterocycles. The average Bonchev–Trinajstić information content (AvgIpc) is 2.30. The largest absolute Gasteiger partial charge is 0.493 e. The number of hydrogen-bond acceptors (Lipinski definition) is 3. The number of hydrogen-bond donors (Lipinski definition) is 0. The third-order valence-electron chi connectivity index (χ3n) is 1.85. The molecule has 1 aromatic rings. The SMILES string of the molecule is CC#CCOc1c(Cl)cc(C=O)cc1OC. The second-order valence-corrected chi connectivity index (χ2v) is 3.27. The van der Waals surface area contributed by atoms with Gasteiger partial charge in [-0.15, -0.1) is 5.92 Å². The fraction of sp³-hybridized carbons (Fsp3) is 0.250. The lowest BCUT2D eigenvalue weighted by Gasteiger charge is -2.10. The van der Waals surface area contributed by atoms with E-state index in [2.05, 4.69) is 11.8 Å². The normalized spacial score (nSPS) is 8.94. The average molecular weight is 239 g/mol. The minimum atomic E-state index is 0.229. The number of carbonyl (C=O) groups excluding carboxylic acids is 1. The van der Waals surface area contributed by atoms with Crippen LogP contribution in [0.3, 0.4) is 0 Å². The van der Waals surface area contributed by atoms with Gasteiger partial charge in [0.2, 0.25) is 0 Å². The minimum Gasteiger partial charge on any atom is -0.493 e. The van der Waals surface area contributed by atoms with Crippen molar-refractivity contribution in [2.24, 2.45) is 0 Å². The maximum atomic E-state index is 10.6. The Bertz CT molecular complexity index is 444. The first-order valence-electron chi connectivity index (χ1n) is 4.58. The van der Waals surface area contributed by atoms with Crippen LogP contribution in [-0.2, 0) is 0 Å². The van der Waals surface area contributed by atoms with Crippen molar-refractivity contribution in [2.75, 3.05) is 13.7 Å². The van der Waals surface area contributed by atoms with Crippen molar-refractivity contribution in [3.63, 3.8) is 0 Å². The Morgan fingerprint density at radius 3 is 2.81 bits per heavy atom. The maximum Gasteiger partial charge on any atom is 0.181 e. The minimum absolute atomic E-state index is 0.229. The first kappa shape index (κ1) is 12.4. The molecule has 16 heavy (non-hydrogen) atoms. The lowest BCUT2D eigenvalue weighted by Crippen LogP contribution is -1.98. The van der Waals surface area contributed by atoms with E-state index < -0.39 is 0 Å². The number of ether oxygens (including phenoxy) is 2. The van der Waals surface area contributed by atoms with Gasteiger partial charge >= 0.3 is 0 Å². The standard InChI is InChI=1S/C12H11ClO3/c1-3-4-5-16-12-10(13)6-9(8-14)7-11(12)15-2/h6-8H,5H2,1-2H3. The molecule has 0 unspecified atom stereocenters. The number of methoxy groups -OCH3 is 1. The van der Waals surface area contributed by atoms with Crippen LogP contribution in [-0.4, -0.2) is 20.0 Å². The third-order valence-corrected chi connectivity index (χ3v) is 2.13. The van der Waals surface area contributed by atoms with Gasteiger partial charge in [-0.3, -0.25) is 4.79 Å². The van der Waals surface area contributed by atoms with Gasteiger partial charge in [-0.2, -0.15) is 0 Å². The Balaban J connectivity index is 3.04. The topological polar surface area (TPSA) is 35.5 Å². The highest BCUT2D eigenvalue weighted by Crippen LogP contribution is 2.35. The van der Waals surface area contributed by atoms with Crippen molar-refractivity contribution in [1.29, 1.82) is 0 Å². The second kappa shape index (κ2) is 6.04. The van der Waals surface area contributed by atoms with Gasteiger partial charge in [0.05, 0.1) is 12.1 Å². The Kier molecular flexibility index (Phi) is 4.68. The smallest absolute Gasteiger partial charge is 0.181 e. The molecule has 0 atom stereocenters. The van der Waals surface area contributed by atoms with Crippen molar-refractivity contribution in [1.82, 2.24) is 0 Å². The Morgan fingerprint density at radius 1 is 1.50 bits per heavy atom. The summed E-state index contributed by atoms with van der Waals surface area (Å²) in [5.41, 5.74) is 0.441. The quantitative estimate of drug-likeness (QED) is 0.597. The molecular formula is C12H11ClO3. The summed E-state index contributed by atoms with van der Waals surface area (Å²) in [7, 11) is 1.48. The Morgan fingerprint density at radius 2 is 2.25 bits per heavy atom. The van der Waals surface area contributed by atoms with Gasteiger partial charge in [0.25, 0.3) is 0 Å². The van der Waals surface area contributed by atoms with Crippen LogP contribution in [0.4, 0.5) is 0 Å². The molecular weight excluding hydrogens is 228 g/mol. The molecule has 0 heterocycles. The summed E-state index contributed by atoms with van der Waals surface area (Å²) in [5, 5.41) is 0.333. The molecule has 0 bridgehead atoms. The first-order valence-corrected chi connectivity index (χ1v) is 4.95. The van der Waals surface area contributed by atoms with E-state index in [1.54, 1.807) is 13.0 Å². The molecule has 4 heteroatoms. The van der Waals surface area contributed by atoms with Crippen LogP contribution < -0.4 is 9.47 Å². The van der Waals surface area contributed by atoms with E-state index in [-0.39, 0.29) is 6.61 Å². The highest BCUT2D eigenvalue weighted by molar-refractivity contribution is 6.32. The van der Waals surface area contributed by atoms with Crippen LogP contribution in [0.1, 0.15) is 17.3 Å². The first-order chi connectivity index (χ1) is 7.72. The van der Waals surface area contributed by atoms with E-state index in [1.807, 2.05) is 0 Å². The van der Waals surface area contributed by atoms with E-state index in [4.69, 9.17) is 21.1 Å². The molecule has 0 fully saturated rings. The zero-order valence-corrected chi connectivity index (χ0v) is 9.80. The molecule has 0 aliphatic rings. The van der Waals surface area contributed by atoms with Gasteiger partial charge in [0.15, 0.2) is 11.5 Å². The van der Waals surface area contributed by atoms with Gasteiger partial charge in [0.1, 0.15) is 12.9 Å². The van der Waals surface area contributed by atoms with E-state index in [1.165, 1.54) is 13.2 Å². The fourth-order valence-corrected chi connectivity index (χ4v) is 1.40. The molecule has 0 aliphatic carbocycles. The van der Waals surface area contributed by atoms with Crippen LogP contribution in [0.15, 0.2) is 12.1 Å². The molecule has 3 nitrogen and oxygen atoms in total. The molecule has 0 spiro atoms. The summed E-state index contributed by atoms with van der Waals surface area (Å²) in [4.78, 5) is 10.6. The monoisotopic (exact) mass is 238 g/mol. The van der Waals surface area contributed by atoms with Crippen molar-refractivity contribution in [3.05, 3.63) is 22.7 Å². The Hall–Kier alpha value is -1.66. The summed E-state index contributed by atoms with van der Waals surface area (Å²) in [5.74, 6) is 6.27. The number of halogens is 1. The molecule has 1 aromatic carbocycles. The predicted octanol–water partition coefficient (Wildman–Crippen LogP) is 2.56. The lowest BCUT2D eigenvalue weighted by atomic mass is 10.2. The molecule has 0 amide bonds. The highest BCUT2D eigenvalue weighted by atomic mass is 35.5. The summed E-state index contributed by atoms with van der Waals surface area (Å²) >= 11 is 5.96. The predicted molar refractivity (Wildman–Crippen MR) is 62.3 cm³/mol. The van der Waals surface area contributed by atoms with Crippen LogP contribution >= 0.6 is 11.6 Å². The van der Waals surface area contributed by atoms with E-state index in [9.17, 15) is 4.79 Å². The van der Waals surface area contributed by atoms with Crippen molar-refractivity contribution in [3.8, 4) is 23.3 Å². The van der Waals surface area contributed by atoms with Gasteiger partial charge in [-0.05, 0) is 19.1 Å². The molecule has 0 aromatic heterocycles. The molecule has 0 N–H and O–H groups in total. The van der Waals surface area contributed by atoms with Gasteiger partial charge < -0.3 is 9.47 Å². The maximum absolute atomic E-state index is 10.6. The zero-order chi connectivity index (χ0) is 12.0. The molecule has 0 saturated carbocycles. The lowest BCUT2D eigenvalue weighted by molar-refractivity contribution is 0.112. The van der Waals surface area contributed by atoms with Crippen LogP contribution in [0.5, 0.6) is 11.5 Å². The van der Waals surface area contributed by atoms with Crippen molar-refractivity contribution < 1.29 is 14.3 Å². The molecule has 0 aliphatic heterocycles. The van der Waals surface area contributed by atoms with E-state index >= 15 is 0 Å². The number of aldehydes is 1. The highest BCUT2D eigenvalue weighted by Gasteiger charge is 2.11. The van der Waals surface area contributed by atoms with Crippen LogP contribution in [0.25, 0.3) is 0 Å². The summed E-state index contributed by atoms with van der Waals surface area (Å²) < 4.78 is 10.4. The van der Waals surface area contributed by atoms with Crippen molar-refractivity contribution >= 4 is 17.9 Å². The third kappa shape index (κ3) is 2.91. The van der Waals surface area contributed by atoms with Crippen molar-refractivity contribution in [2.45, 2.75) is 6.92 Å². The van der Waals surface area contributed by atoms with Crippen LogP contribution in [0.2, 0.25) is 5.02 Å². The number of carbonyl (C=O) groups is 1. The molecule has 1 rings (SSSR count). The van der Waals surface area contributed by atoms with Gasteiger partial charge in [0, 0.05) is 5.56 Å². The van der Waals surface area contributed by atoms with Gasteiger partial charge in [-0.1, -0.05) is 17.5 Å². The zero-order valence-electron chi connectivity index (χ0n) is 9.04. The summed E-state index contributed by atoms with van der Waals surface area (Å²) in [6.07, 6.45) is 0.698. The molecule has 0 radical (unpaired) electrons. The second-order valence-electron chi connectivity index (χ2n) is 2.87. The fourth-order valence-electron chi connectivity index (χ4n) is 1.13. The number of rotatable bonds is 4. The summed E-state index contributed by atoms with van der Waals surface area (Å²) in [6.45, 7) is 1.95. The number of benzene rings is 1. The Labute approximate surface area is 99.3 Å². The van der Waals surface area contributed by atoms with Gasteiger partial charge in [-0.25, -0.2) is 0 Å². The summed E-state index contributed by atoms with van der Waals surface area (Å²) in [6, 6.07) is 3.08. The van der Waals surface area contributed by atoms with E-state index in [0.717, 1.165) is 0 Å². The van der Waals surface area contributed by atoms with E-state index in [0.29, 0.717) is 28.4 Å².